The zero-order valence-electron chi connectivity index (χ0n) is 9.48. The average molecular weight is 311 g/mol. The lowest BCUT2D eigenvalue weighted by Crippen LogP contribution is -2.38. The second kappa shape index (κ2) is 4.37. The van der Waals surface area contributed by atoms with Crippen molar-refractivity contribution >= 4 is 26.8 Å². The first-order chi connectivity index (χ1) is 8.68. The fourth-order valence-corrected chi connectivity index (χ4v) is 2.83. The minimum atomic E-state index is -0.374. The van der Waals surface area contributed by atoms with Crippen molar-refractivity contribution in [3.8, 4) is 0 Å². The third-order valence-electron chi connectivity index (χ3n) is 3.18. The number of hydrogen-bond acceptors (Lipinski definition) is 3. The van der Waals surface area contributed by atoms with Crippen LogP contribution < -0.4 is 11.2 Å². The highest BCUT2D eigenvalue weighted by Crippen LogP contribution is 2.20. The Labute approximate surface area is 111 Å². The van der Waals surface area contributed by atoms with Crippen molar-refractivity contribution in [2.45, 2.75) is 12.5 Å². The molecule has 2 aromatic rings. The molecule has 0 radical (unpaired) electrons. The molecule has 0 amide bonds. The first-order valence-electron chi connectivity index (χ1n) is 5.69. The quantitative estimate of drug-likeness (QED) is 0.866. The molecule has 5 nitrogen and oxygen atoms in total. The van der Waals surface area contributed by atoms with E-state index in [1.54, 1.807) is 18.2 Å². The molecule has 1 N–H and O–H groups in total. The molecule has 1 unspecified atom stereocenters. The minimum absolute atomic E-state index is 0.169. The number of rotatable bonds is 1. The van der Waals surface area contributed by atoms with Gasteiger partial charge in [0, 0.05) is 11.1 Å². The maximum atomic E-state index is 12.4. The van der Waals surface area contributed by atoms with Crippen molar-refractivity contribution in [1.82, 2.24) is 9.55 Å². The Morgan fingerprint density at radius 3 is 2.94 bits per heavy atom. The van der Waals surface area contributed by atoms with Gasteiger partial charge < -0.3 is 9.72 Å². The molecule has 94 valence electrons. The molecule has 1 aliphatic rings. The predicted molar refractivity (Wildman–Crippen MR) is 71.0 cm³/mol. The van der Waals surface area contributed by atoms with E-state index in [0.717, 1.165) is 0 Å². The molecular formula is C12H11BrN2O3. The Hall–Kier alpha value is -1.40. The monoisotopic (exact) mass is 310 g/mol. The number of fused-ring (bicyclic) bond motifs is 1. The Kier molecular flexibility index (Phi) is 2.83. The van der Waals surface area contributed by atoms with E-state index >= 15 is 0 Å². The van der Waals surface area contributed by atoms with E-state index in [-0.39, 0.29) is 17.3 Å². The number of ether oxygens (including phenoxy) is 1. The van der Waals surface area contributed by atoms with E-state index in [9.17, 15) is 9.59 Å². The van der Waals surface area contributed by atoms with Crippen molar-refractivity contribution in [2.24, 2.45) is 0 Å². The number of hydrogen-bond donors (Lipinski definition) is 1. The van der Waals surface area contributed by atoms with Crippen molar-refractivity contribution in [3.05, 3.63) is 43.5 Å². The molecule has 3 rings (SSSR count). The molecule has 1 atom stereocenters. The number of nitrogens with one attached hydrogen (secondary N) is 1. The van der Waals surface area contributed by atoms with E-state index in [0.29, 0.717) is 35.0 Å². The Bertz CT molecular complexity index is 713. The van der Waals surface area contributed by atoms with Crippen LogP contribution in [0.4, 0.5) is 0 Å². The van der Waals surface area contributed by atoms with Crippen LogP contribution in [-0.2, 0) is 4.74 Å². The highest BCUT2D eigenvalue weighted by molar-refractivity contribution is 9.10. The molecule has 1 aliphatic heterocycles. The molecular weight excluding hydrogens is 300 g/mol. The predicted octanol–water partition coefficient (Wildman–Crippen LogP) is 1.41. The van der Waals surface area contributed by atoms with Crippen molar-refractivity contribution in [3.63, 3.8) is 0 Å². The van der Waals surface area contributed by atoms with Crippen molar-refractivity contribution in [2.75, 3.05) is 13.2 Å². The van der Waals surface area contributed by atoms with Crippen LogP contribution in [-0.4, -0.2) is 22.8 Å². The minimum Gasteiger partial charge on any atom is -0.379 e. The van der Waals surface area contributed by atoms with Gasteiger partial charge in [0.15, 0.2) is 0 Å². The van der Waals surface area contributed by atoms with Gasteiger partial charge in [-0.3, -0.25) is 9.36 Å². The van der Waals surface area contributed by atoms with Gasteiger partial charge in [0.25, 0.3) is 5.56 Å². The number of benzene rings is 1. The average Bonchev–Trinajstić information content (AvgIpc) is 2.82. The normalized spacial score (nSPS) is 19.5. The van der Waals surface area contributed by atoms with Gasteiger partial charge in [0.1, 0.15) is 0 Å². The van der Waals surface area contributed by atoms with Gasteiger partial charge in [-0.05, 0) is 34.5 Å². The van der Waals surface area contributed by atoms with E-state index in [1.807, 2.05) is 0 Å². The summed E-state index contributed by atoms with van der Waals surface area (Å²) in [6.45, 7) is 1.00. The first kappa shape index (κ1) is 11.7. The lowest BCUT2D eigenvalue weighted by Gasteiger charge is -2.12. The van der Waals surface area contributed by atoms with E-state index in [4.69, 9.17) is 4.74 Å². The van der Waals surface area contributed by atoms with Gasteiger partial charge in [-0.1, -0.05) is 6.07 Å². The van der Waals surface area contributed by atoms with Crippen LogP contribution >= 0.6 is 15.9 Å². The van der Waals surface area contributed by atoms with Crippen LogP contribution in [0.15, 0.2) is 32.3 Å². The van der Waals surface area contributed by atoms with Gasteiger partial charge in [0.2, 0.25) is 0 Å². The lowest BCUT2D eigenvalue weighted by molar-refractivity contribution is 0.185. The van der Waals surface area contributed by atoms with E-state index < -0.39 is 0 Å². The summed E-state index contributed by atoms with van der Waals surface area (Å²) in [6, 6.07) is 5.12. The van der Waals surface area contributed by atoms with Crippen LogP contribution in [0.5, 0.6) is 0 Å². The van der Waals surface area contributed by atoms with Crippen LogP contribution in [0.1, 0.15) is 12.5 Å². The molecule has 18 heavy (non-hydrogen) atoms. The van der Waals surface area contributed by atoms with Gasteiger partial charge in [-0.2, -0.15) is 0 Å². The summed E-state index contributed by atoms with van der Waals surface area (Å²) in [5.41, 5.74) is -0.0904. The summed E-state index contributed by atoms with van der Waals surface area (Å²) in [5.74, 6) is 0. The Morgan fingerprint density at radius 2 is 2.22 bits per heavy atom. The summed E-state index contributed by atoms with van der Waals surface area (Å²) in [4.78, 5) is 27.1. The zero-order valence-corrected chi connectivity index (χ0v) is 11.1. The number of H-pyrrole nitrogens is 1. The Balaban J connectivity index is 2.36. The van der Waals surface area contributed by atoms with Crippen molar-refractivity contribution in [1.29, 1.82) is 0 Å². The summed E-state index contributed by atoms with van der Waals surface area (Å²) in [6.07, 6.45) is 0.693. The summed E-state index contributed by atoms with van der Waals surface area (Å²) >= 11 is 3.35. The number of aromatic amines is 1. The molecule has 0 spiro atoms. The largest absolute Gasteiger partial charge is 0.379 e. The third kappa shape index (κ3) is 1.72. The van der Waals surface area contributed by atoms with E-state index in [1.165, 1.54) is 4.57 Å². The molecule has 1 aromatic carbocycles. The molecule has 0 saturated carbocycles. The fraction of sp³-hybridized carbons (Fsp3) is 0.333. The topological polar surface area (TPSA) is 64.1 Å². The fourth-order valence-electron chi connectivity index (χ4n) is 2.29. The van der Waals surface area contributed by atoms with Gasteiger partial charge in [-0.25, -0.2) is 4.79 Å². The summed E-state index contributed by atoms with van der Waals surface area (Å²) in [7, 11) is 0. The number of halogens is 1. The SMILES string of the molecule is O=c1[nH]c2cccc(Br)c2c(=O)n1C1CCOC1. The maximum absolute atomic E-state index is 12.4. The number of aromatic nitrogens is 2. The highest BCUT2D eigenvalue weighted by Gasteiger charge is 2.22. The maximum Gasteiger partial charge on any atom is 0.329 e. The summed E-state index contributed by atoms with van der Waals surface area (Å²) in [5, 5.41) is 0.504. The molecule has 2 heterocycles. The van der Waals surface area contributed by atoms with Crippen LogP contribution in [0.2, 0.25) is 0 Å². The lowest BCUT2D eigenvalue weighted by atomic mass is 10.2. The van der Waals surface area contributed by atoms with Gasteiger partial charge >= 0.3 is 5.69 Å². The second-order valence-corrected chi connectivity index (χ2v) is 5.14. The first-order valence-corrected chi connectivity index (χ1v) is 6.48. The second-order valence-electron chi connectivity index (χ2n) is 4.29. The van der Waals surface area contributed by atoms with Crippen LogP contribution in [0.3, 0.4) is 0 Å². The van der Waals surface area contributed by atoms with Crippen LogP contribution in [0, 0.1) is 0 Å². The van der Waals surface area contributed by atoms with Gasteiger partial charge in [0.05, 0.1) is 23.6 Å². The molecule has 0 bridgehead atoms. The zero-order chi connectivity index (χ0) is 12.7. The molecule has 1 saturated heterocycles. The standard InChI is InChI=1S/C12H11BrN2O3/c13-8-2-1-3-9-10(8)11(16)15(12(17)14-9)7-4-5-18-6-7/h1-3,7H,4-6H2,(H,14,17). The van der Waals surface area contributed by atoms with Crippen LogP contribution in [0.25, 0.3) is 10.9 Å². The van der Waals surface area contributed by atoms with E-state index in [2.05, 4.69) is 20.9 Å². The Morgan fingerprint density at radius 1 is 1.39 bits per heavy atom. The number of nitrogens with zero attached hydrogens (tertiary/aromatic N) is 1. The molecule has 1 fully saturated rings. The molecule has 0 aliphatic carbocycles. The molecule has 6 heteroatoms. The third-order valence-corrected chi connectivity index (χ3v) is 3.84. The van der Waals surface area contributed by atoms with Crippen molar-refractivity contribution < 1.29 is 4.74 Å². The van der Waals surface area contributed by atoms with Gasteiger partial charge in [-0.15, -0.1) is 0 Å². The smallest absolute Gasteiger partial charge is 0.329 e. The summed E-state index contributed by atoms with van der Waals surface area (Å²) < 4.78 is 7.19. The highest BCUT2D eigenvalue weighted by atomic mass is 79.9. The molecule has 1 aromatic heterocycles.